The molecule has 2 aromatic rings. The minimum atomic E-state index is 0.738. The molecule has 0 saturated heterocycles. The molecular weight excluding hydrogens is 164 g/mol. The lowest BCUT2D eigenvalue weighted by molar-refractivity contribution is 0.906. The highest BCUT2D eigenvalue weighted by atomic mass is 15.4. The van der Waals surface area contributed by atoms with E-state index >= 15 is 0 Å². The summed E-state index contributed by atoms with van der Waals surface area (Å²) in [6, 6.07) is 7.68. The van der Waals surface area contributed by atoms with Gasteiger partial charge in [0.1, 0.15) is 0 Å². The Kier molecular flexibility index (Phi) is 1.96. The van der Waals surface area contributed by atoms with E-state index in [1.54, 1.807) is 0 Å². The fraction of sp³-hybridized carbons (Fsp3) is 0.111. The average molecular weight is 174 g/mol. The Morgan fingerprint density at radius 2 is 1.92 bits per heavy atom. The maximum absolute atomic E-state index is 3.97. The maximum atomic E-state index is 3.97. The van der Waals surface area contributed by atoms with Crippen LogP contribution in [0, 0.1) is 6.92 Å². The summed E-state index contributed by atoms with van der Waals surface area (Å²) in [5, 5.41) is 7.91. The lowest BCUT2D eigenvalue weighted by atomic mass is 10.4. The first-order valence-corrected chi connectivity index (χ1v) is 4.05. The summed E-state index contributed by atoms with van der Waals surface area (Å²) in [6.07, 6.45) is 3.81. The van der Waals surface area contributed by atoms with Gasteiger partial charge < -0.3 is 0 Å². The first-order chi connectivity index (χ1) is 6.34. The molecule has 13 heavy (non-hydrogen) atoms. The monoisotopic (exact) mass is 174 g/mol. The van der Waals surface area contributed by atoms with E-state index in [0.29, 0.717) is 0 Å². The quantitative estimate of drug-likeness (QED) is 0.749. The number of hydrogen-bond acceptors (Lipinski definition) is 3. The van der Waals surface area contributed by atoms with Gasteiger partial charge in [0.25, 0.3) is 0 Å². The van der Waals surface area contributed by atoms with Crippen molar-refractivity contribution in [3.8, 4) is 0 Å². The highest BCUT2D eigenvalue weighted by molar-refractivity contribution is 5.32. The van der Waals surface area contributed by atoms with Crippen LogP contribution in [-0.4, -0.2) is 14.9 Å². The Morgan fingerprint density at radius 1 is 1.15 bits per heavy atom. The summed E-state index contributed by atoms with van der Waals surface area (Å²) in [6.45, 7) is 1.91. The molecule has 0 aliphatic rings. The summed E-state index contributed by atoms with van der Waals surface area (Å²) in [5.74, 6) is 0.738. The zero-order valence-corrected chi connectivity index (χ0v) is 7.31. The SMILES string of the molecule is Cc1ccc(Nn2cccc2)nn1. The summed E-state index contributed by atoms with van der Waals surface area (Å²) in [5.41, 5.74) is 3.97. The molecule has 0 saturated carbocycles. The predicted octanol–water partition coefficient (Wildman–Crippen LogP) is 1.46. The van der Waals surface area contributed by atoms with E-state index in [0.717, 1.165) is 11.5 Å². The van der Waals surface area contributed by atoms with Crippen molar-refractivity contribution in [2.24, 2.45) is 0 Å². The molecule has 2 aromatic heterocycles. The van der Waals surface area contributed by atoms with Crippen LogP contribution in [0.15, 0.2) is 36.7 Å². The third-order valence-corrected chi connectivity index (χ3v) is 1.65. The normalized spacial score (nSPS) is 9.92. The molecule has 0 spiro atoms. The van der Waals surface area contributed by atoms with E-state index in [1.807, 2.05) is 48.3 Å². The van der Waals surface area contributed by atoms with Gasteiger partial charge in [-0.05, 0) is 31.2 Å². The predicted molar refractivity (Wildman–Crippen MR) is 50.2 cm³/mol. The molecule has 0 aliphatic heterocycles. The topological polar surface area (TPSA) is 42.7 Å². The molecule has 0 fully saturated rings. The van der Waals surface area contributed by atoms with Crippen molar-refractivity contribution in [3.05, 3.63) is 42.4 Å². The minimum Gasteiger partial charge on any atom is -0.277 e. The average Bonchev–Trinajstić information content (AvgIpc) is 2.62. The Hall–Kier alpha value is -1.84. The largest absolute Gasteiger partial charge is 0.277 e. The fourth-order valence-electron chi connectivity index (χ4n) is 1.000. The van der Waals surface area contributed by atoms with Crippen LogP contribution in [0.2, 0.25) is 0 Å². The molecule has 4 heteroatoms. The van der Waals surface area contributed by atoms with E-state index < -0.39 is 0 Å². The number of anilines is 1. The number of rotatable bonds is 2. The summed E-state index contributed by atoms with van der Waals surface area (Å²) >= 11 is 0. The van der Waals surface area contributed by atoms with Crippen molar-refractivity contribution in [1.29, 1.82) is 0 Å². The smallest absolute Gasteiger partial charge is 0.167 e. The molecule has 0 bridgehead atoms. The second-order valence-electron chi connectivity index (χ2n) is 2.76. The standard InChI is InChI=1S/C9H10N4/c1-8-4-5-9(11-10-8)12-13-6-2-3-7-13/h2-7H,1H3,(H,11,12). The zero-order chi connectivity index (χ0) is 9.10. The van der Waals surface area contributed by atoms with Gasteiger partial charge in [-0.15, -0.1) is 5.10 Å². The van der Waals surface area contributed by atoms with E-state index in [1.165, 1.54) is 0 Å². The van der Waals surface area contributed by atoms with Crippen LogP contribution >= 0.6 is 0 Å². The second kappa shape index (κ2) is 3.26. The van der Waals surface area contributed by atoms with Crippen molar-refractivity contribution in [2.45, 2.75) is 6.92 Å². The molecule has 1 N–H and O–H groups in total. The van der Waals surface area contributed by atoms with Crippen molar-refractivity contribution in [1.82, 2.24) is 14.9 Å². The molecule has 0 aromatic carbocycles. The van der Waals surface area contributed by atoms with Crippen LogP contribution in [0.5, 0.6) is 0 Å². The zero-order valence-electron chi connectivity index (χ0n) is 7.31. The molecule has 2 heterocycles. The summed E-state index contributed by atoms with van der Waals surface area (Å²) in [4.78, 5) is 0. The van der Waals surface area contributed by atoms with Crippen molar-refractivity contribution in [2.75, 3.05) is 5.43 Å². The van der Waals surface area contributed by atoms with E-state index in [4.69, 9.17) is 0 Å². The van der Waals surface area contributed by atoms with E-state index in [2.05, 4.69) is 15.6 Å². The van der Waals surface area contributed by atoms with Gasteiger partial charge in [-0.3, -0.25) is 10.1 Å². The molecule has 0 amide bonds. The first-order valence-electron chi connectivity index (χ1n) is 4.05. The van der Waals surface area contributed by atoms with Gasteiger partial charge in [0.15, 0.2) is 5.82 Å². The summed E-state index contributed by atoms with van der Waals surface area (Å²) < 4.78 is 1.82. The van der Waals surface area contributed by atoms with Gasteiger partial charge in [0, 0.05) is 12.4 Å². The van der Waals surface area contributed by atoms with Crippen LogP contribution in [0.25, 0.3) is 0 Å². The van der Waals surface area contributed by atoms with Gasteiger partial charge in [0.2, 0.25) is 0 Å². The fourth-order valence-corrected chi connectivity index (χ4v) is 1.000. The molecule has 0 unspecified atom stereocenters. The highest BCUT2D eigenvalue weighted by Crippen LogP contribution is 2.01. The Bertz CT molecular complexity index is 363. The van der Waals surface area contributed by atoms with Gasteiger partial charge in [-0.1, -0.05) is 0 Å². The molecular formula is C9H10N4. The second-order valence-corrected chi connectivity index (χ2v) is 2.76. The molecule has 0 atom stereocenters. The van der Waals surface area contributed by atoms with E-state index in [-0.39, 0.29) is 0 Å². The highest BCUT2D eigenvalue weighted by Gasteiger charge is 1.93. The van der Waals surface area contributed by atoms with Crippen LogP contribution in [0.3, 0.4) is 0 Å². The Balaban J connectivity index is 2.15. The van der Waals surface area contributed by atoms with Crippen molar-refractivity contribution < 1.29 is 0 Å². The number of aryl methyl sites for hydroxylation is 1. The van der Waals surface area contributed by atoms with Crippen molar-refractivity contribution >= 4 is 5.82 Å². The molecule has 0 radical (unpaired) electrons. The Morgan fingerprint density at radius 3 is 2.54 bits per heavy atom. The number of hydrogen-bond donors (Lipinski definition) is 1. The number of nitrogens with zero attached hydrogens (tertiary/aromatic N) is 3. The Labute approximate surface area is 76.2 Å². The lowest BCUT2D eigenvalue weighted by Gasteiger charge is -2.04. The number of nitrogens with one attached hydrogen (secondary N) is 1. The molecule has 2 rings (SSSR count). The third kappa shape index (κ3) is 1.84. The van der Waals surface area contributed by atoms with Gasteiger partial charge in [-0.25, -0.2) is 0 Å². The van der Waals surface area contributed by atoms with E-state index in [9.17, 15) is 0 Å². The van der Waals surface area contributed by atoms with Gasteiger partial charge >= 0.3 is 0 Å². The first kappa shape index (κ1) is 7.79. The third-order valence-electron chi connectivity index (χ3n) is 1.65. The number of aromatic nitrogens is 3. The van der Waals surface area contributed by atoms with Crippen LogP contribution in [0.4, 0.5) is 5.82 Å². The van der Waals surface area contributed by atoms with Gasteiger partial charge in [-0.2, -0.15) is 5.10 Å². The van der Waals surface area contributed by atoms with Crippen LogP contribution < -0.4 is 5.43 Å². The molecule has 0 aliphatic carbocycles. The summed E-state index contributed by atoms with van der Waals surface area (Å²) in [7, 11) is 0. The molecule has 4 nitrogen and oxygen atoms in total. The van der Waals surface area contributed by atoms with Crippen molar-refractivity contribution in [3.63, 3.8) is 0 Å². The lowest BCUT2D eigenvalue weighted by Crippen LogP contribution is -2.07. The minimum absolute atomic E-state index is 0.738. The van der Waals surface area contributed by atoms with Crippen LogP contribution in [-0.2, 0) is 0 Å². The van der Waals surface area contributed by atoms with Gasteiger partial charge in [0.05, 0.1) is 5.69 Å². The molecule has 66 valence electrons. The van der Waals surface area contributed by atoms with Crippen LogP contribution in [0.1, 0.15) is 5.69 Å². The maximum Gasteiger partial charge on any atom is 0.167 e.